The fourth-order valence-electron chi connectivity index (χ4n) is 2.44. The molecule has 0 aliphatic carbocycles. The number of rotatable bonds is 9. The molecule has 134 valence electrons. The lowest BCUT2D eigenvalue weighted by Gasteiger charge is -2.13. The van der Waals surface area contributed by atoms with Gasteiger partial charge in [-0.15, -0.1) is 0 Å². The first-order valence-electron chi connectivity index (χ1n) is 8.30. The van der Waals surface area contributed by atoms with Crippen LogP contribution >= 0.6 is 0 Å². The Hall–Kier alpha value is -2.14. The molecule has 0 bridgehead atoms. The van der Waals surface area contributed by atoms with Gasteiger partial charge in [0.25, 0.3) is 0 Å². The van der Waals surface area contributed by atoms with E-state index in [0.29, 0.717) is 18.6 Å². The fourth-order valence-corrected chi connectivity index (χ4v) is 3.58. The monoisotopic (exact) mass is 360 g/mol. The number of aryl methyl sites for hydroxylation is 3. The zero-order valence-electron chi connectivity index (χ0n) is 14.6. The molecule has 2 unspecified atom stereocenters. The summed E-state index contributed by atoms with van der Waals surface area (Å²) < 4.78 is 17.9. The number of hydrogen-bond acceptors (Lipinski definition) is 3. The largest absolute Gasteiger partial charge is 0.493 e. The summed E-state index contributed by atoms with van der Waals surface area (Å²) >= 11 is 0. The van der Waals surface area contributed by atoms with E-state index < -0.39 is 22.0 Å². The van der Waals surface area contributed by atoms with Crippen molar-refractivity contribution in [3.63, 3.8) is 0 Å². The Morgan fingerprint density at radius 1 is 1.04 bits per heavy atom. The maximum Gasteiger partial charge on any atom is 0.319 e. The molecule has 0 fully saturated rings. The highest BCUT2D eigenvalue weighted by Gasteiger charge is 2.24. The van der Waals surface area contributed by atoms with Crippen molar-refractivity contribution in [2.75, 3.05) is 12.4 Å². The second-order valence-corrected chi connectivity index (χ2v) is 7.84. The van der Waals surface area contributed by atoms with Crippen LogP contribution in [0, 0.1) is 13.8 Å². The van der Waals surface area contributed by atoms with Crippen LogP contribution in [0.5, 0.6) is 5.75 Å². The van der Waals surface area contributed by atoms with Gasteiger partial charge in [0.15, 0.2) is 0 Å². The van der Waals surface area contributed by atoms with Crippen molar-refractivity contribution in [1.82, 2.24) is 0 Å². The van der Waals surface area contributed by atoms with Gasteiger partial charge in [0.1, 0.15) is 11.0 Å². The maximum atomic E-state index is 12.4. The lowest BCUT2D eigenvalue weighted by atomic mass is 10.1. The summed E-state index contributed by atoms with van der Waals surface area (Å²) in [4.78, 5) is 11.5. The standard InChI is InChI=1S/C20H24O4S/c1-15-3-7-17(8-4-15)9-12-19(20(21)22)25(23)14-13-24-18-10-5-16(2)6-11-18/h3-8,10-11,19H,9,12-14H2,1-2H3,(H,21,22). The maximum absolute atomic E-state index is 12.4. The van der Waals surface area contributed by atoms with Crippen LogP contribution in [0.1, 0.15) is 23.1 Å². The van der Waals surface area contributed by atoms with Gasteiger partial charge in [0, 0.05) is 10.8 Å². The Bertz CT molecular complexity index is 707. The SMILES string of the molecule is Cc1ccc(CCC(C(=O)O)S(=O)CCOc2ccc(C)cc2)cc1. The van der Waals surface area contributed by atoms with Crippen LogP contribution in [0.4, 0.5) is 0 Å². The van der Waals surface area contributed by atoms with E-state index in [-0.39, 0.29) is 12.4 Å². The van der Waals surface area contributed by atoms with Crippen molar-refractivity contribution < 1.29 is 18.8 Å². The number of carbonyl (C=O) groups is 1. The Morgan fingerprint density at radius 2 is 1.60 bits per heavy atom. The smallest absolute Gasteiger partial charge is 0.319 e. The average molecular weight is 360 g/mol. The van der Waals surface area contributed by atoms with Crippen LogP contribution in [0.25, 0.3) is 0 Å². The van der Waals surface area contributed by atoms with E-state index in [2.05, 4.69) is 0 Å². The number of carboxylic acid groups (broad SMARTS) is 1. The van der Waals surface area contributed by atoms with Gasteiger partial charge >= 0.3 is 5.97 Å². The minimum Gasteiger partial charge on any atom is -0.493 e. The molecule has 2 atom stereocenters. The summed E-state index contributed by atoms with van der Waals surface area (Å²) in [5.41, 5.74) is 3.36. The molecule has 1 N–H and O–H groups in total. The van der Waals surface area contributed by atoms with Gasteiger partial charge < -0.3 is 9.84 Å². The van der Waals surface area contributed by atoms with Crippen molar-refractivity contribution in [2.24, 2.45) is 0 Å². The Morgan fingerprint density at radius 3 is 2.16 bits per heavy atom. The minimum absolute atomic E-state index is 0.207. The molecule has 0 amide bonds. The predicted molar refractivity (Wildman–Crippen MR) is 101 cm³/mol. The normalized spacial score (nSPS) is 13.2. The van der Waals surface area contributed by atoms with Crippen LogP contribution in [-0.2, 0) is 22.0 Å². The molecule has 0 aliphatic heterocycles. The molecule has 2 aromatic rings. The number of hydrogen-bond donors (Lipinski definition) is 1. The van der Waals surface area contributed by atoms with Crippen molar-refractivity contribution in [3.8, 4) is 5.75 Å². The predicted octanol–water partition coefficient (Wildman–Crippen LogP) is 3.52. The van der Waals surface area contributed by atoms with Crippen LogP contribution in [0.3, 0.4) is 0 Å². The van der Waals surface area contributed by atoms with Gasteiger partial charge in [-0.3, -0.25) is 9.00 Å². The number of carboxylic acids is 1. The van der Waals surface area contributed by atoms with Gasteiger partial charge in [0.2, 0.25) is 0 Å². The summed E-state index contributed by atoms with van der Waals surface area (Å²) in [7, 11) is -1.47. The summed E-state index contributed by atoms with van der Waals surface area (Å²) in [6, 6.07) is 15.5. The highest BCUT2D eigenvalue weighted by Crippen LogP contribution is 2.13. The third kappa shape index (κ3) is 6.35. The van der Waals surface area contributed by atoms with Gasteiger partial charge in [-0.1, -0.05) is 47.5 Å². The van der Waals surface area contributed by atoms with Crippen molar-refractivity contribution in [1.29, 1.82) is 0 Å². The summed E-state index contributed by atoms with van der Waals surface area (Å²) in [5, 5.41) is 8.51. The summed E-state index contributed by atoms with van der Waals surface area (Å²) in [6.07, 6.45) is 0.956. The Kier molecular flexibility index (Phi) is 7.19. The molecule has 0 aromatic heterocycles. The van der Waals surface area contributed by atoms with Gasteiger partial charge in [-0.05, 0) is 44.4 Å². The average Bonchev–Trinajstić information content (AvgIpc) is 2.58. The van der Waals surface area contributed by atoms with Crippen LogP contribution in [0.2, 0.25) is 0 Å². The topological polar surface area (TPSA) is 63.6 Å². The molecule has 0 saturated heterocycles. The Labute approximate surface area is 151 Å². The van der Waals surface area contributed by atoms with Gasteiger partial charge in [-0.2, -0.15) is 0 Å². The number of benzene rings is 2. The molecule has 2 rings (SSSR count). The number of aliphatic carboxylic acids is 1. The molecule has 4 nitrogen and oxygen atoms in total. The zero-order chi connectivity index (χ0) is 18.2. The molecule has 0 aliphatic rings. The second-order valence-electron chi connectivity index (χ2n) is 6.10. The molecular formula is C20H24O4S. The van der Waals surface area contributed by atoms with E-state index in [1.807, 2.05) is 62.4 Å². The second kappa shape index (κ2) is 9.37. The highest BCUT2D eigenvalue weighted by molar-refractivity contribution is 7.86. The third-order valence-electron chi connectivity index (χ3n) is 3.98. The highest BCUT2D eigenvalue weighted by atomic mass is 32.2. The van der Waals surface area contributed by atoms with Gasteiger partial charge in [0.05, 0.1) is 12.4 Å². The molecule has 25 heavy (non-hydrogen) atoms. The molecule has 0 saturated carbocycles. The first-order valence-corrected chi connectivity index (χ1v) is 9.69. The van der Waals surface area contributed by atoms with E-state index in [0.717, 1.165) is 16.7 Å². The molecule has 0 spiro atoms. The summed E-state index contributed by atoms with van der Waals surface area (Å²) in [5.74, 6) is -0.103. The van der Waals surface area contributed by atoms with Crippen LogP contribution in [-0.4, -0.2) is 32.9 Å². The molecule has 5 heteroatoms. The summed E-state index contributed by atoms with van der Waals surface area (Å²) in [6.45, 7) is 4.24. The van der Waals surface area contributed by atoms with E-state index in [9.17, 15) is 14.1 Å². The molecule has 2 aromatic carbocycles. The Balaban J connectivity index is 1.83. The minimum atomic E-state index is -1.47. The van der Waals surface area contributed by atoms with Crippen LogP contribution in [0.15, 0.2) is 48.5 Å². The zero-order valence-corrected chi connectivity index (χ0v) is 15.4. The van der Waals surface area contributed by atoms with Crippen LogP contribution < -0.4 is 4.74 Å². The van der Waals surface area contributed by atoms with E-state index in [1.54, 1.807) is 0 Å². The van der Waals surface area contributed by atoms with E-state index in [1.165, 1.54) is 0 Å². The molecule has 0 heterocycles. The van der Waals surface area contributed by atoms with Crippen molar-refractivity contribution in [2.45, 2.75) is 31.9 Å². The lowest BCUT2D eigenvalue weighted by molar-refractivity contribution is -0.136. The van der Waals surface area contributed by atoms with E-state index >= 15 is 0 Å². The lowest BCUT2D eigenvalue weighted by Crippen LogP contribution is -2.29. The van der Waals surface area contributed by atoms with Crippen molar-refractivity contribution in [3.05, 3.63) is 65.2 Å². The number of ether oxygens (including phenoxy) is 1. The first kappa shape index (κ1) is 19.2. The molecule has 0 radical (unpaired) electrons. The van der Waals surface area contributed by atoms with Crippen molar-refractivity contribution >= 4 is 16.8 Å². The van der Waals surface area contributed by atoms with Gasteiger partial charge in [-0.25, -0.2) is 0 Å². The third-order valence-corrected chi connectivity index (χ3v) is 5.62. The first-order chi connectivity index (χ1) is 12.0. The quantitative estimate of drug-likeness (QED) is 0.743. The fraction of sp³-hybridized carbons (Fsp3) is 0.350. The van der Waals surface area contributed by atoms with E-state index in [4.69, 9.17) is 4.74 Å². The molecular weight excluding hydrogens is 336 g/mol.